The van der Waals surface area contributed by atoms with Crippen LogP contribution in [0.1, 0.15) is 21.0 Å². The molecule has 0 saturated heterocycles. The third-order valence-electron chi connectivity index (χ3n) is 2.85. The Morgan fingerprint density at radius 3 is 3.05 bits per heavy atom. The van der Waals surface area contributed by atoms with Gasteiger partial charge in [0.2, 0.25) is 0 Å². The molecule has 1 amide bonds. The number of rotatable bonds is 6. The molecule has 2 heterocycles. The maximum atomic E-state index is 11.5. The van der Waals surface area contributed by atoms with Gasteiger partial charge in [-0.2, -0.15) is 0 Å². The lowest BCUT2D eigenvalue weighted by Gasteiger charge is -2.15. The molecule has 0 saturated carbocycles. The van der Waals surface area contributed by atoms with Gasteiger partial charge in [-0.15, -0.1) is 11.3 Å². The summed E-state index contributed by atoms with van der Waals surface area (Å²) in [6, 6.07) is 5.81. The zero-order valence-corrected chi connectivity index (χ0v) is 11.6. The summed E-state index contributed by atoms with van der Waals surface area (Å²) in [6.07, 6.45) is 2.50. The van der Waals surface area contributed by atoms with Gasteiger partial charge >= 0.3 is 0 Å². The molecule has 0 aliphatic heterocycles. The largest absolute Gasteiger partial charge is 0.467 e. The smallest absolute Gasteiger partial charge is 0.268 e. The van der Waals surface area contributed by atoms with Crippen LogP contribution in [-0.4, -0.2) is 24.4 Å². The Labute approximate surface area is 116 Å². The molecule has 2 aromatic heterocycles. The first-order chi connectivity index (χ1) is 9.20. The van der Waals surface area contributed by atoms with Gasteiger partial charge in [-0.3, -0.25) is 15.1 Å². The number of furan rings is 1. The molecule has 0 aliphatic rings. The van der Waals surface area contributed by atoms with Gasteiger partial charge in [0.05, 0.1) is 18.4 Å². The van der Waals surface area contributed by atoms with Crippen LogP contribution in [0.2, 0.25) is 0 Å². The van der Waals surface area contributed by atoms with E-state index in [-0.39, 0.29) is 5.91 Å². The maximum absolute atomic E-state index is 11.5. The third kappa shape index (κ3) is 3.66. The normalized spacial score (nSPS) is 10.9. The van der Waals surface area contributed by atoms with Crippen molar-refractivity contribution in [3.63, 3.8) is 0 Å². The maximum Gasteiger partial charge on any atom is 0.268 e. The first-order valence-electron chi connectivity index (χ1n) is 5.99. The number of thiophene rings is 1. The molecule has 0 aliphatic carbocycles. The summed E-state index contributed by atoms with van der Waals surface area (Å²) in [4.78, 5) is 15.0. The highest BCUT2D eigenvalue weighted by molar-refractivity contribution is 7.09. The predicted molar refractivity (Wildman–Crippen MR) is 74.7 cm³/mol. The van der Waals surface area contributed by atoms with E-state index in [1.807, 2.05) is 7.05 Å². The van der Waals surface area contributed by atoms with Gasteiger partial charge in [0, 0.05) is 11.4 Å². The fourth-order valence-electron chi connectivity index (χ4n) is 1.82. The van der Waals surface area contributed by atoms with Crippen LogP contribution in [0.3, 0.4) is 0 Å². The fourth-order valence-corrected chi connectivity index (χ4v) is 2.52. The van der Waals surface area contributed by atoms with E-state index < -0.39 is 0 Å². The molecule has 2 rings (SSSR count). The van der Waals surface area contributed by atoms with Gasteiger partial charge in [-0.05, 0) is 31.0 Å². The van der Waals surface area contributed by atoms with Crippen molar-refractivity contribution in [1.82, 2.24) is 10.3 Å². The van der Waals surface area contributed by atoms with Crippen molar-refractivity contribution in [1.29, 1.82) is 0 Å². The Morgan fingerprint density at radius 1 is 1.53 bits per heavy atom. The lowest BCUT2D eigenvalue weighted by Crippen LogP contribution is -2.31. The summed E-state index contributed by atoms with van der Waals surface area (Å²) in [5.41, 5.74) is 2.61. The summed E-state index contributed by atoms with van der Waals surface area (Å²) < 4.78 is 5.34. The highest BCUT2D eigenvalue weighted by Crippen LogP contribution is 2.14. The van der Waals surface area contributed by atoms with Crippen LogP contribution in [0.25, 0.3) is 0 Å². The van der Waals surface area contributed by atoms with Crippen molar-refractivity contribution in [3.8, 4) is 0 Å². The van der Waals surface area contributed by atoms with E-state index in [9.17, 15) is 4.79 Å². The zero-order chi connectivity index (χ0) is 13.7. The van der Waals surface area contributed by atoms with Crippen molar-refractivity contribution in [2.45, 2.75) is 13.0 Å². The van der Waals surface area contributed by atoms with Crippen molar-refractivity contribution in [3.05, 3.63) is 46.0 Å². The average molecular weight is 279 g/mol. The second kappa shape index (κ2) is 6.51. The van der Waals surface area contributed by atoms with Gasteiger partial charge in [0.25, 0.3) is 5.91 Å². The van der Waals surface area contributed by atoms with Gasteiger partial charge in [0.1, 0.15) is 5.76 Å². The molecule has 0 fully saturated rings. The molecule has 5 nitrogen and oxygen atoms in total. The molecule has 19 heavy (non-hydrogen) atoms. The molecule has 6 heteroatoms. The third-order valence-corrected chi connectivity index (χ3v) is 3.79. The topological polar surface area (TPSA) is 71.5 Å². The summed E-state index contributed by atoms with van der Waals surface area (Å²) in [5, 5.41) is 2.07. The number of hydrogen-bond donors (Lipinski definition) is 2. The van der Waals surface area contributed by atoms with Crippen LogP contribution in [0.4, 0.5) is 0 Å². The molecule has 2 aromatic rings. The van der Waals surface area contributed by atoms with Crippen LogP contribution in [0, 0.1) is 0 Å². The molecule has 0 aromatic carbocycles. The van der Waals surface area contributed by atoms with Crippen molar-refractivity contribution >= 4 is 17.2 Å². The lowest BCUT2D eigenvalue weighted by molar-refractivity contribution is 0.0950. The predicted octanol–water partition coefficient (Wildman–Crippen LogP) is 1.62. The van der Waals surface area contributed by atoms with Gasteiger partial charge in [-0.25, -0.2) is 5.84 Å². The van der Waals surface area contributed by atoms with E-state index in [0.717, 1.165) is 13.0 Å². The molecule has 0 bridgehead atoms. The van der Waals surface area contributed by atoms with E-state index in [4.69, 9.17) is 10.3 Å². The Bertz CT molecular complexity index is 522. The quantitative estimate of drug-likeness (QED) is 0.479. The minimum Gasteiger partial charge on any atom is -0.467 e. The fraction of sp³-hybridized carbons (Fsp3) is 0.308. The molecule has 0 atom stereocenters. The highest BCUT2D eigenvalue weighted by Gasteiger charge is 2.15. The van der Waals surface area contributed by atoms with Gasteiger partial charge < -0.3 is 4.42 Å². The summed E-state index contributed by atoms with van der Waals surface area (Å²) in [7, 11) is 2.00. The molecule has 3 N–H and O–H groups in total. The summed E-state index contributed by atoms with van der Waals surface area (Å²) in [5.74, 6) is 5.44. The van der Waals surface area contributed by atoms with E-state index >= 15 is 0 Å². The van der Waals surface area contributed by atoms with Crippen molar-refractivity contribution in [2.75, 3.05) is 13.6 Å². The SMILES string of the molecule is CN(CCc1cccs1)Cc1occc1C(=O)NN. The standard InChI is InChI=1S/C13H17N3O2S/c1-16(6-4-10-3-2-8-19-10)9-12-11(5-7-18-12)13(17)15-14/h2-3,5,7-8H,4,6,9,14H2,1H3,(H,15,17). The van der Waals surface area contributed by atoms with E-state index in [0.29, 0.717) is 17.9 Å². The first-order valence-corrected chi connectivity index (χ1v) is 6.87. The van der Waals surface area contributed by atoms with E-state index in [1.165, 1.54) is 11.1 Å². The minimum atomic E-state index is -0.324. The second-order valence-corrected chi connectivity index (χ2v) is 5.33. The average Bonchev–Trinajstić information content (AvgIpc) is 3.06. The van der Waals surface area contributed by atoms with Crippen LogP contribution < -0.4 is 11.3 Å². The minimum absolute atomic E-state index is 0.324. The van der Waals surface area contributed by atoms with Gasteiger partial charge in [-0.1, -0.05) is 6.07 Å². The van der Waals surface area contributed by atoms with E-state index in [2.05, 4.69) is 27.8 Å². The molecular weight excluding hydrogens is 262 g/mol. The second-order valence-electron chi connectivity index (χ2n) is 4.30. The van der Waals surface area contributed by atoms with Crippen LogP contribution in [-0.2, 0) is 13.0 Å². The van der Waals surface area contributed by atoms with Crippen molar-refractivity contribution < 1.29 is 9.21 Å². The molecule has 0 radical (unpaired) electrons. The number of nitrogen functional groups attached to an aromatic ring is 1. The Morgan fingerprint density at radius 2 is 2.37 bits per heavy atom. The van der Waals surface area contributed by atoms with Crippen LogP contribution in [0.5, 0.6) is 0 Å². The Hall–Kier alpha value is -1.63. The summed E-state index contributed by atoms with van der Waals surface area (Å²) >= 11 is 1.75. The lowest BCUT2D eigenvalue weighted by atomic mass is 10.2. The number of carbonyl (C=O) groups excluding carboxylic acids is 1. The zero-order valence-electron chi connectivity index (χ0n) is 10.8. The monoisotopic (exact) mass is 279 g/mol. The molecule has 0 spiro atoms. The number of carbonyl (C=O) groups is 1. The Kier molecular flexibility index (Phi) is 4.73. The molecule has 0 unspecified atom stereocenters. The Balaban J connectivity index is 1.90. The number of nitrogens with two attached hydrogens (primary N) is 1. The first kappa shape index (κ1) is 13.8. The molecule has 102 valence electrons. The van der Waals surface area contributed by atoms with Crippen LogP contribution >= 0.6 is 11.3 Å². The number of amides is 1. The number of nitrogens with zero attached hydrogens (tertiary/aromatic N) is 1. The number of hydrogen-bond acceptors (Lipinski definition) is 5. The van der Waals surface area contributed by atoms with Crippen LogP contribution in [0.15, 0.2) is 34.3 Å². The molecular formula is C13H17N3O2S. The number of likely N-dealkylation sites (N-methyl/N-ethyl adjacent to an activating group) is 1. The van der Waals surface area contributed by atoms with E-state index in [1.54, 1.807) is 17.4 Å². The number of hydrazine groups is 1. The summed E-state index contributed by atoms with van der Waals surface area (Å²) in [6.45, 7) is 1.49. The van der Waals surface area contributed by atoms with Crippen molar-refractivity contribution in [2.24, 2.45) is 5.84 Å². The highest BCUT2D eigenvalue weighted by atomic mass is 32.1. The van der Waals surface area contributed by atoms with Gasteiger partial charge in [0.15, 0.2) is 0 Å². The number of nitrogens with one attached hydrogen (secondary N) is 1.